The number of nitrogens with one attached hydrogen (secondary N) is 2. The summed E-state index contributed by atoms with van der Waals surface area (Å²) < 4.78 is 50.4. The van der Waals surface area contributed by atoms with Crippen LogP contribution in [0, 0.1) is 13.8 Å². The number of amides is 2. The standard InChI is InChI=1S/C16H22N4O2.C12H18BNO4.C11H14N4.C4H3BrF3N3.4CH4.2ClH/c1-11-18-14(20(5)19-11)13-8-6-12(7-9-13)10-17-15(21)22-16(2,3)4;1-12(2,3)18-11(15)14-8-9-4-6-10(7-5-9)13(16)17;1-8-13-11(15(2)14-8)10-5-3-9(7-12)4-6-10;1-11-3(5)9-2(10-11)4(6,7)8;;;;;;/h6-9H,10H2,1-5H3,(H,17,21);4-7,16-17H,8H2,1-3H3,(H,14,15);3-6H,7,12H2,1-2H3;1H3;4*1H4;2*1H. The predicted octanol–water partition coefficient (Wildman–Crippen LogP) is 9.44. The predicted molar refractivity (Wildman–Crippen MR) is 288 cm³/mol. The molecule has 3 aromatic heterocycles. The van der Waals surface area contributed by atoms with E-state index in [0.717, 1.165) is 55.8 Å². The minimum Gasteiger partial charge on any atom is -0.444 e. The maximum atomic E-state index is 11.8. The SMILES string of the molecule is C.C.C.C.CC(C)(C)OC(=O)NCc1ccc(B(O)O)cc1.Cc1nc(-c2ccc(CN)cc2)n(C)n1.Cc1nc(-c2ccc(CNC(=O)OC(C)(C)C)cc2)n(C)n1.Cl.Cl.Cn1nc(C(F)(F)F)nc1Br. The zero-order chi connectivity index (χ0) is 49.6. The molecule has 0 atom stereocenters. The summed E-state index contributed by atoms with van der Waals surface area (Å²) in [5.41, 5.74) is 9.97. The van der Waals surface area contributed by atoms with E-state index in [9.17, 15) is 22.8 Å². The van der Waals surface area contributed by atoms with Crippen LogP contribution in [0.3, 0.4) is 0 Å². The molecule has 0 saturated heterocycles. The molecule has 2 amide bonds. The van der Waals surface area contributed by atoms with Crippen molar-refractivity contribution >= 4 is 65.5 Å². The summed E-state index contributed by atoms with van der Waals surface area (Å²) in [4.78, 5) is 34.9. The summed E-state index contributed by atoms with van der Waals surface area (Å²) in [7, 11) is 3.66. The van der Waals surface area contributed by atoms with E-state index in [-0.39, 0.29) is 59.3 Å². The van der Waals surface area contributed by atoms with Crippen molar-refractivity contribution in [3.05, 3.63) is 112 Å². The number of halogens is 6. The van der Waals surface area contributed by atoms with Crippen LogP contribution in [0.5, 0.6) is 0 Å². The van der Waals surface area contributed by atoms with Crippen molar-refractivity contribution in [1.29, 1.82) is 0 Å². The quantitative estimate of drug-likeness (QED) is 0.0895. The fourth-order valence-corrected chi connectivity index (χ4v) is 5.61. The zero-order valence-corrected chi connectivity index (χ0v) is 42.8. The van der Waals surface area contributed by atoms with E-state index in [1.54, 1.807) is 54.4 Å². The first-order valence-corrected chi connectivity index (χ1v) is 21.1. The van der Waals surface area contributed by atoms with Crippen molar-refractivity contribution in [1.82, 2.24) is 54.9 Å². The maximum Gasteiger partial charge on any atom is 0.488 e. The number of alkyl halides is 3. The monoisotopic (exact) mass is 1120 g/mol. The van der Waals surface area contributed by atoms with Gasteiger partial charge in [-0.05, 0) is 93.5 Å². The number of aromatic nitrogens is 9. The van der Waals surface area contributed by atoms with Crippen molar-refractivity contribution in [2.24, 2.45) is 26.9 Å². The van der Waals surface area contributed by atoms with Gasteiger partial charge in [-0.3, -0.25) is 0 Å². The van der Waals surface area contributed by atoms with Gasteiger partial charge >= 0.3 is 25.5 Å². The Balaban J connectivity index is -0.000000426. The number of aryl methyl sites for hydroxylation is 5. The van der Waals surface area contributed by atoms with Gasteiger partial charge in [0.15, 0.2) is 16.4 Å². The molecule has 25 heteroatoms. The van der Waals surface area contributed by atoms with Gasteiger partial charge in [0.2, 0.25) is 0 Å². The van der Waals surface area contributed by atoms with E-state index < -0.39 is 42.5 Å². The average molecular weight is 1120 g/mol. The molecule has 6 aromatic rings. The molecule has 18 nitrogen and oxygen atoms in total. The molecule has 0 unspecified atom stereocenters. The van der Waals surface area contributed by atoms with Gasteiger partial charge in [-0.25, -0.2) is 33.6 Å². The maximum absolute atomic E-state index is 11.8. The van der Waals surface area contributed by atoms with Crippen molar-refractivity contribution in [2.75, 3.05) is 0 Å². The molecule has 0 aliphatic rings. The van der Waals surface area contributed by atoms with Crippen LogP contribution in [-0.4, -0.2) is 84.8 Å². The summed E-state index contributed by atoms with van der Waals surface area (Å²) in [6.07, 6.45) is -5.36. The topological polar surface area (TPSA) is 235 Å². The molecule has 0 bridgehead atoms. The number of benzene rings is 3. The molecule has 0 spiro atoms. The Morgan fingerprint density at radius 2 is 0.972 bits per heavy atom. The first kappa shape index (κ1) is 73.0. The highest BCUT2D eigenvalue weighted by atomic mass is 79.9. The molecule has 3 aromatic carbocycles. The lowest BCUT2D eigenvalue weighted by Gasteiger charge is -2.19. The van der Waals surface area contributed by atoms with Gasteiger partial charge in [0.25, 0.3) is 5.82 Å². The normalized spacial score (nSPS) is 10.2. The summed E-state index contributed by atoms with van der Waals surface area (Å²) in [5, 5.41) is 34.8. The molecule has 6 N–H and O–H groups in total. The molecular weight excluding hydrogens is 1050 g/mol. The first-order chi connectivity index (χ1) is 30.6. The van der Waals surface area contributed by atoms with E-state index in [4.69, 9.17) is 25.3 Å². The summed E-state index contributed by atoms with van der Waals surface area (Å²) in [5.74, 6) is 2.11. The number of carbonyl (C=O) groups is 2. The van der Waals surface area contributed by atoms with Crippen molar-refractivity contribution in [2.45, 2.75) is 122 Å². The smallest absolute Gasteiger partial charge is 0.444 e. The van der Waals surface area contributed by atoms with Crippen LogP contribution in [0.15, 0.2) is 77.5 Å². The van der Waals surface area contributed by atoms with E-state index in [1.165, 1.54) is 7.05 Å². The van der Waals surface area contributed by atoms with E-state index >= 15 is 0 Å². The molecular formula is C47H75BBrCl2F3N12O6. The van der Waals surface area contributed by atoms with Crippen molar-refractivity contribution < 1.29 is 42.3 Å². The summed E-state index contributed by atoms with van der Waals surface area (Å²) >= 11 is 2.80. The highest BCUT2D eigenvalue weighted by Crippen LogP contribution is 2.27. The van der Waals surface area contributed by atoms with Crippen LogP contribution >= 0.6 is 40.7 Å². The third kappa shape index (κ3) is 25.7. The van der Waals surface area contributed by atoms with E-state index in [0.29, 0.717) is 25.1 Å². The van der Waals surface area contributed by atoms with Crippen LogP contribution in [-0.2, 0) is 56.4 Å². The number of carbonyl (C=O) groups excluding carboxylic acids is 2. The lowest BCUT2D eigenvalue weighted by molar-refractivity contribution is -0.145. The third-order valence-corrected chi connectivity index (χ3v) is 9.00. The van der Waals surface area contributed by atoms with Crippen molar-refractivity contribution in [3.8, 4) is 22.8 Å². The third-order valence-electron chi connectivity index (χ3n) is 8.31. The van der Waals surface area contributed by atoms with Crippen LogP contribution < -0.4 is 21.8 Å². The van der Waals surface area contributed by atoms with E-state index in [1.807, 2.05) is 97.2 Å². The Morgan fingerprint density at radius 1 is 0.625 bits per heavy atom. The minimum absolute atomic E-state index is 0. The molecule has 0 radical (unpaired) electrons. The van der Waals surface area contributed by atoms with Crippen LogP contribution in [0.25, 0.3) is 22.8 Å². The molecule has 0 fully saturated rings. The van der Waals surface area contributed by atoms with Crippen LogP contribution in [0.4, 0.5) is 22.8 Å². The number of hydrogen-bond acceptors (Lipinski definition) is 13. The fraction of sp³-hybridized carbons (Fsp3) is 0.447. The summed E-state index contributed by atoms with van der Waals surface area (Å²) in [6, 6.07) is 22.5. The van der Waals surface area contributed by atoms with Gasteiger partial charge in [-0.15, -0.1) is 29.9 Å². The number of nitrogens with zero attached hydrogens (tertiary/aromatic N) is 9. The second-order valence-corrected chi connectivity index (χ2v) is 17.2. The second-order valence-electron chi connectivity index (χ2n) is 16.5. The Hall–Kier alpha value is -5.59. The Kier molecular flexibility index (Phi) is 32.9. The number of alkyl carbamates (subject to hydrolysis) is 2. The first-order valence-electron chi connectivity index (χ1n) is 20.3. The van der Waals surface area contributed by atoms with Gasteiger partial charge in [-0.2, -0.15) is 28.4 Å². The zero-order valence-electron chi connectivity index (χ0n) is 39.6. The minimum atomic E-state index is -4.47. The number of rotatable bonds is 8. The van der Waals surface area contributed by atoms with E-state index in [2.05, 4.69) is 56.8 Å². The molecule has 72 heavy (non-hydrogen) atoms. The number of ether oxygens (including phenoxy) is 2. The van der Waals surface area contributed by atoms with Gasteiger partial charge < -0.3 is 35.9 Å². The lowest BCUT2D eigenvalue weighted by Crippen LogP contribution is -2.32. The van der Waals surface area contributed by atoms with Gasteiger partial charge in [-0.1, -0.05) is 103 Å². The van der Waals surface area contributed by atoms with Crippen LogP contribution in [0.1, 0.15) is 105 Å². The number of hydrogen-bond donors (Lipinski definition) is 5. The highest BCUT2D eigenvalue weighted by molar-refractivity contribution is 9.10. The van der Waals surface area contributed by atoms with Crippen molar-refractivity contribution in [3.63, 3.8) is 0 Å². The number of nitrogens with two attached hydrogens (primary N) is 1. The molecule has 0 saturated carbocycles. The fourth-order valence-electron chi connectivity index (χ4n) is 5.36. The largest absolute Gasteiger partial charge is 0.488 e. The molecule has 404 valence electrons. The highest BCUT2D eigenvalue weighted by Gasteiger charge is 2.36. The van der Waals surface area contributed by atoms with Gasteiger partial charge in [0.1, 0.15) is 22.9 Å². The lowest BCUT2D eigenvalue weighted by atomic mass is 9.80. The van der Waals surface area contributed by atoms with Gasteiger partial charge in [0.05, 0.1) is 0 Å². The average Bonchev–Trinajstić information content (AvgIpc) is 3.88. The summed E-state index contributed by atoms with van der Waals surface area (Å²) in [6.45, 7) is 16.0. The molecule has 0 aliphatic carbocycles. The molecule has 6 rings (SSSR count). The van der Waals surface area contributed by atoms with Gasteiger partial charge in [0, 0.05) is 51.9 Å². The molecule has 0 aliphatic heterocycles. The second kappa shape index (κ2) is 32.5. The Labute approximate surface area is 444 Å². The Bertz CT molecular complexity index is 2460. The Morgan fingerprint density at radius 3 is 1.22 bits per heavy atom. The molecule has 3 heterocycles. The van der Waals surface area contributed by atoms with Crippen LogP contribution in [0.2, 0.25) is 0 Å².